The van der Waals surface area contributed by atoms with E-state index in [0.717, 1.165) is 34.0 Å². The van der Waals surface area contributed by atoms with Crippen molar-refractivity contribution in [3.05, 3.63) is 136 Å². The lowest BCUT2D eigenvalue weighted by molar-refractivity contribution is 0.0358. The summed E-state index contributed by atoms with van der Waals surface area (Å²) in [6.45, 7) is 6.53. The van der Waals surface area contributed by atoms with Gasteiger partial charge in [-0.05, 0) is 69.1 Å². The second-order valence-corrected chi connectivity index (χ2v) is 13.5. The van der Waals surface area contributed by atoms with Crippen molar-refractivity contribution in [2.24, 2.45) is 5.41 Å². The third-order valence-electron chi connectivity index (χ3n) is 8.87. The summed E-state index contributed by atoms with van der Waals surface area (Å²) in [7, 11) is 0. The Kier molecular flexibility index (Phi) is 8.27. The summed E-state index contributed by atoms with van der Waals surface area (Å²) in [5.41, 5.74) is 3.35. The van der Waals surface area contributed by atoms with E-state index >= 15 is 0 Å². The van der Waals surface area contributed by atoms with Crippen LogP contribution in [0.15, 0.2) is 114 Å². The van der Waals surface area contributed by atoms with E-state index in [-0.39, 0.29) is 23.4 Å². The third-order valence-corrected chi connectivity index (χ3v) is 9.46. The highest BCUT2D eigenvalue weighted by Crippen LogP contribution is 2.43. The zero-order valence-corrected chi connectivity index (χ0v) is 27.2. The number of halogens is 1. The molecule has 45 heavy (non-hydrogen) atoms. The van der Waals surface area contributed by atoms with E-state index in [0.29, 0.717) is 23.1 Å². The molecular weight excluding hydrogens is 628 g/mol. The van der Waals surface area contributed by atoms with Crippen LogP contribution < -0.4 is 5.32 Å². The smallest absolute Gasteiger partial charge is 0.407 e. The Hall–Kier alpha value is -4.43. The number of hydrogen-bond donors (Lipinski definition) is 2. The maximum atomic E-state index is 13.8. The summed E-state index contributed by atoms with van der Waals surface area (Å²) in [6, 6.07) is 36.1. The molecule has 0 spiro atoms. The highest BCUT2D eigenvalue weighted by atomic mass is 79.9. The molecule has 8 heteroatoms. The monoisotopic (exact) mass is 664 g/mol. The summed E-state index contributed by atoms with van der Waals surface area (Å²) in [6.07, 6.45) is 0.460. The van der Waals surface area contributed by atoms with Crippen LogP contribution in [0.5, 0.6) is 0 Å². The Labute approximate surface area is 272 Å². The molecule has 0 bridgehead atoms. The fraction of sp³-hybridized carbons (Fsp3) is 0.270. The number of fused-ring (bicyclic) bond motifs is 1. The number of carboxylic acid groups (broad SMARTS) is 1. The Morgan fingerprint density at radius 3 is 1.87 bits per heavy atom. The lowest BCUT2D eigenvalue weighted by Gasteiger charge is -2.46. The van der Waals surface area contributed by atoms with Crippen LogP contribution in [0.25, 0.3) is 10.9 Å². The second-order valence-electron chi connectivity index (χ2n) is 12.8. The van der Waals surface area contributed by atoms with E-state index < -0.39 is 11.6 Å². The van der Waals surface area contributed by atoms with E-state index in [1.807, 2.05) is 93.6 Å². The fourth-order valence-electron chi connectivity index (χ4n) is 7.07. The Bertz CT molecular complexity index is 1720. The zero-order chi connectivity index (χ0) is 31.8. The van der Waals surface area contributed by atoms with Gasteiger partial charge in [-0.15, -0.1) is 0 Å². The van der Waals surface area contributed by atoms with Gasteiger partial charge in [-0.25, -0.2) is 9.48 Å². The number of likely N-dealkylation sites (tertiary alicyclic amines) is 1. The number of piperidine rings is 1. The Morgan fingerprint density at radius 2 is 1.38 bits per heavy atom. The molecule has 2 amide bonds. The number of carbonyl (C=O) groups is 2. The number of hydrogen-bond acceptors (Lipinski definition) is 3. The predicted molar refractivity (Wildman–Crippen MR) is 181 cm³/mol. The van der Waals surface area contributed by atoms with Crippen LogP contribution in [0.2, 0.25) is 0 Å². The number of carbonyl (C=O) groups excluding carboxylic acids is 1. The molecule has 230 valence electrons. The van der Waals surface area contributed by atoms with Crippen LogP contribution in [-0.4, -0.2) is 50.4 Å². The molecule has 7 nitrogen and oxygen atoms in total. The number of nitrogens with one attached hydrogen (secondary N) is 1. The van der Waals surface area contributed by atoms with Gasteiger partial charge in [0.1, 0.15) is 10.1 Å². The van der Waals surface area contributed by atoms with Gasteiger partial charge in [-0.3, -0.25) is 4.79 Å². The maximum absolute atomic E-state index is 13.8. The molecule has 5 aromatic rings. The van der Waals surface area contributed by atoms with Crippen molar-refractivity contribution in [2.45, 2.75) is 51.2 Å². The average molecular weight is 666 g/mol. The van der Waals surface area contributed by atoms with Crippen molar-refractivity contribution in [1.82, 2.24) is 20.0 Å². The summed E-state index contributed by atoms with van der Waals surface area (Å²) < 4.78 is 2.68. The average Bonchev–Trinajstić information content (AvgIpc) is 3.38. The molecule has 1 saturated heterocycles. The summed E-state index contributed by atoms with van der Waals surface area (Å²) in [4.78, 5) is 27.3. The number of benzene rings is 4. The molecule has 2 heterocycles. The second kappa shape index (κ2) is 12.2. The molecule has 0 saturated carbocycles. The van der Waals surface area contributed by atoms with E-state index in [1.54, 1.807) is 0 Å². The van der Waals surface area contributed by atoms with Crippen LogP contribution in [0.3, 0.4) is 0 Å². The van der Waals surface area contributed by atoms with E-state index in [1.165, 1.54) is 4.90 Å². The van der Waals surface area contributed by atoms with Gasteiger partial charge in [0.2, 0.25) is 0 Å². The molecule has 1 aliphatic rings. The lowest BCUT2D eigenvalue weighted by atomic mass is 9.77. The van der Waals surface area contributed by atoms with Gasteiger partial charge in [0.15, 0.2) is 0 Å². The first-order valence-electron chi connectivity index (χ1n) is 15.3. The maximum Gasteiger partial charge on any atom is 0.407 e. The highest BCUT2D eigenvalue weighted by molar-refractivity contribution is 9.10. The SMILES string of the molecule is CC(C)(C)C1C(NC(=O)c2ccc3c(c2)c(Br)nn3C(c2ccccc2)(c2ccccc2)c2ccccc2)CCCN1C(=O)O. The first-order chi connectivity index (χ1) is 21.6. The molecular formula is C37H37BrN4O3. The fourth-order valence-corrected chi connectivity index (χ4v) is 7.54. The Balaban J connectivity index is 1.47. The molecule has 2 unspecified atom stereocenters. The normalized spacial score (nSPS) is 17.3. The van der Waals surface area contributed by atoms with Crippen LogP contribution in [0, 0.1) is 5.41 Å². The topological polar surface area (TPSA) is 87.5 Å². The summed E-state index contributed by atoms with van der Waals surface area (Å²) in [5, 5.41) is 19.0. The van der Waals surface area contributed by atoms with E-state index in [9.17, 15) is 14.7 Å². The van der Waals surface area contributed by atoms with Gasteiger partial charge >= 0.3 is 6.09 Å². The standard InChI is InChI=1S/C37H37BrN4O3/c1-36(2,3)32-30(20-13-23-41(32)35(44)45)39-34(43)25-21-22-31-29(24-25)33(38)40-42(31)37(26-14-7-4-8-15-26,27-16-9-5-10-17-27)28-18-11-6-12-19-28/h4-12,14-19,21-22,24,30,32H,13,20,23H2,1-3H3,(H,39,43)(H,44,45). The summed E-state index contributed by atoms with van der Waals surface area (Å²) in [5.74, 6) is -0.233. The number of aromatic nitrogens is 2. The predicted octanol–water partition coefficient (Wildman–Crippen LogP) is 7.93. The van der Waals surface area contributed by atoms with Gasteiger partial charge in [-0.1, -0.05) is 112 Å². The van der Waals surface area contributed by atoms with Gasteiger partial charge in [0, 0.05) is 17.5 Å². The minimum Gasteiger partial charge on any atom is -0.465 e. The summed E-state index contributed by atoms with van der Waals surface area (Å²) >= 11 is 3.73. The first-order valence-corrected chi connectivity index (χ1v) is 16.1. The van der Waals surface area contributed by atoms with Gasteiger partial charge < -0.3 is 15.3 Å². The molecule has 2 N–H and O–H groups in total. The van der Waals surface area contributed by atoms with Crippen LogP contribution in [0.4, 0.5) is 4.79 Å². The van der Waals surface area contributed by atoms with Gasteiger partial charge in [0.25, 0.3) is 5.91 Å². The largest absolute Gasteiger partial charge is 0.465 e. The first kappa shape index (κ1) is 30.6. The van der Waals surface area contributed by atoms with Crippen molar-refractivity contribution >= 4 is 38.8 Å². The molecule has 1 aromatic heterocycles. The van der Waals surface area contributed by atoms with Crippen molar-refractivity contribution in [1.29, 1.82) is 0 Å². The van der Waals surface area contributed by atoms with Gasteiger partial charge in [0.05, 0.1) is 17.6 Å². The van der Waals surface area contributed by atoms with Crippen molar-refractivity contribution in [3.8, 4) is 0 Å². The number of nitrogens with zero attached hydrogens (tertiary/aromatic N) is 3. The van der Waals surface area contributed by atoms with Crippen LogP contribution in [0.1, 0.15) is 60.7 Å². The van der Waals surface area contributed by atoms with E-state index in [2.05, 4.69) is 62.3 Å². The van der Waals surface area contributed by atoms with Crippen molar-refractivity contribution in [2.75, 3.05) is 6.54 Å². The minimum absolute atomic E-state index is 0.233. The minimum atomic E-state index is -0.953. The van der Waals surface area contributed by atoms with Crippen molar-refractivity contribution in [3.63, 3.8) is 0 Å². The molecule has 1 fully saturated rings. The molecule has 1 aliphatic heterocycles. The quantitative estimate of drug-likeness (QED) is 0.181. The molecule has 0 radical (unpaired) electrons. The lowest BCUT2D eigenvalue weighted by Crippen LogP contribution is -2.61. The molecule has 0 aliphatic carbocycles. The highest BCUT2D eigenvalue weighted by Gasteiger charge is 2.43. The zero-order valence-electron chi connectivity index (χ0n) is 25.7. The van der Waals surface area contributed by atoms with E-state index in [4.69, 9.17) is 5.10 Å². The van der Waals surface area contributed by atoms with Crippen molar-refractivity contribution < 1.29 is 14.7 Å². The molecule has 6 rings (SSSR count). The van der Waals surface area contributed by atoms with Gasteiger partial charge in [-0.2, -0.15) is 5.10 Å². The molecule has 2 atom stereocenters. The Morgan fingerprint density at radius 1 is 0.844 bits per heavy atom. The third kappa shape index (κ3) is 5.52. The van der Waals surface area contributed by atoms with Crippen LogP contribution in [-0.2, 0) is 5.54 Å². The number of amides is 2. The molecule has 4 aromatic carbocycles. The van der Waals surface area contributed by atoms with Crippen LogP contribution >= 0.6 is 15.9 Å². The number of rotatable bonds is 6.